The molecule has 0 fully saturated rings. The van der Waals surface area contributed by atoms with E-state index in [0.717, 1.165) is 12.0 Å². The second-order valence-corrected chi connectivity index (χ2v) is 6.57. The molecule has 1 unspecified atom stereocenters. The van der Waals surface area contributed by atoms with Crippen molar-refractivity contribution >= 4 is 9.84 Å². The molecule has 0 aliphatic heterocycles. The van der Waals surface area contributed by atoms with Gasteiger partial charge < -0.3 is 0 Å². The van der Waals surface area contributed by atoms with Crippen LogP contribution in [0.4, 0.5) is 0 Å². The van der Waals surface area contributed by atoms with Gasteiger partial charge in [0.1, 0.15) is 0 Å². The first-order valence-corrected chi connectivity index (χ1v) is 7.88. The smallest absolute Gasteiger partial charge is 0.178 e. The Morgan fingerprint density at radius 1 is 1.33 bits per heavy atom. The minimum atomic E-state index is -3.12. The molecule has 1 rings (SSSR count). The lowest BCUT2D eigenvalue weighted by Gasteiger charge is -2.07. The standard InChI is InChI=1S/C15H20O2S/c1-4-7-13(3)11-14-8-6-9-15(12-14)18(16,17)10-5-2/h6,8-9,12-13H,5,10-11H2,1-3H3. The molecule has 1 atom stereocenters. The molecule has 0 radical (unpaired) electrons. The number of sulfone groups is 1. The molecule has 1 aromatic carbocycles. The summed E-state index contributed by atoms with van der Waals surface area (Å²) in [4.78, 5) is 0.429. The molecule has 0 bridgehead atoms. The predicted octanol–water partition coefficient (Wildman–Crippen LogP) is 3.07. The van der Waals surface area contributed by atoms with E-state index in [0.29, 0.717) is 11.3 Å². The molecule has 98 valence electrons. The quantitative estimate of drug-likeness (QED) is 0.766. The summed E-state index contributed by atoms with van der Waals surface area (Å²) in [7, 11) is -3.12. The van der Waals surface area contributed by atoms with Crippen molar-refractivity contribution in [2.75, 3.05) is 5.75 Å². The van der Waals surface area contributed by atoms with Crippen molar-refractivity contribution in [2.45, 2.75) is 38.5 Å². The topological polar surface area (TPSA) is 34.1 Å². The van der Waals surface area contributed by atoms with Crippen LogP contribution in [0.1, 0.15) is 32.8 Å². The van der Waals surface area contributed by atoms with Gasteiger partial charge in [-0.1, -0.05) is 26.0 Å². The number of hydrogen-bond acceptors (Lipinski definition) is 2. The van der Waals surface area contributed by atoms with Gasteiger partial charge in [0.05, 0.1) is 10.6 Å². The molecule has 0 aliphatic rings. The predicted molar refractivity (Wildman–Crippen MR) is 75.1 cm³/mol. The summed E-state index contributed by atoms with van der Waals surface area (Å²) in [6, 6.07) is 7.21. The van der Waals surface area contributed by atoms with Gasteiger partial charge in [-0.2, -0.15) is 0 Å². The molecule has 1 aromatic rings. The normalized spacial score (nSPS) is 12.6. The minimum Gasteiger partial charge on any atom is -0.224 e. The van der Waals surface area contributed by atoms with E-state index >= 15 is 0 Å². The van der Waals surface area contributed by atoms with E-state index < -0.39 is 9.84 Å². The van der Waals surface area contributed by atoms with E-state index in [1.54, 1.807) is 12.1 Å². The van der Waals surface area contributed by atoms with Crippen molar-refractivity contribution in [1.82, 2.24) is 0 Å². The molecule has 2 nitrogen and oxygen atoms in total. The summed E-state index contributed by atoms with van der Waals surface area (Å²) in [6.45, 7) is 5.74. The number of hydrogen-bond donors (Lipinski definition) is 0. The van der Waals surface area contributed by atoms with Crippen LogP contribution in [0, 0.1) is 17.8 Å². The molecule has 0 saturated heterocycles. The maximum absolute atomic E-state index is 12.0. The van der Waals surface area contributed by atoms with Crippen molar-refractivity contribution in [3.8, 4) is 11.8 Å². The lowest BCUT2D eigenvalue weighted by molar-refractivity contribution is 0.594. The summed E-state index contributed by atoms with van der Waals surface area (Å²) in [5.74, 6) is 6.42. The largest absolute Gasteiger partial charge is 0.224 e. The summed E-state index contributed by atoms with van der Waals surface area (Å²) in [5, 5.41) is 0. The van der Waals surface area contributed by atoms with Gasteiger partial charge in [0.25, 0.3) is 0 Å². The third-order valence-corrected chi connectivity index (χ3v) is 4.58. The van der Waals surface area contributed by atoms with Crippen LogP contribution in [0.3, 0.4) is 0 Å². The number of rotatable bonds is 5. The molecule has 18 heavy (non-hydrogen) atoms. The van der Waals surface area contributed by atoms with Crippen LogP contribution in [0.15, 0.2) is 29.2 Å². The van der Waals surface area contributed by atoms with Crippen LogP contribution in [-0.2, 0) is 16.3 Å². The highest BCUT2D eigenvalue weighted by Crippen LogP contribution is 2.16. The molecule has 0 amide bonds. The van der Waals surface area contributed by atoms with Crippen LogP contribution in [-0.4, -0.2) is 14.2 Å². The average Bonchev–Trinajstić information content (AvgIpc) is 2.29. The third-order valence-electron chi connectivity index (χ3n) is 2.66. The minimum absolute atomic E-state index is 0.209. The first-order valence-electron chi connectivity index (χ1n) is 6.23. The maximum Gasteiger partial charge on any atom is 0.178 e. The van der Waals surface area contributed by atoms with Gasteiger partial charge in [-0.25, -0.2) is 8.42 Å². The van der Waals surface area contributed by atoms with Crippen molar-refractivity contribution in [2.24, 2.45) is 5.92 Å². The fraction of sp³-hybridized carbons (Fsp3) is 0.467. The van der Waals surface area contributed by atoms with Crippen LogP contribution in [0.5, 0.6) is 0 Å². The van der Waals surface area contributed by atoms with Crippen molar-refractivity contribution in [3.63, 3.8) is 0 Å². The highest BCUT2D eigenvalue weighted by molar-refractivity contribution is 7.91. The Labute approximate surface area is 110 Å². The van der Waals surface area contributed by atoms with Crippen LogP contribution in [0.25, 0.3) is 0 Å². The average molecular weight is 264 g/mol. The van der Waals surface area contributed by atoms with E-state index in [-0.39, 0.29) is 11.7 Å². The monoisotopic (exact) mass is 264 g/mol. The Bertz CT molecular complexity index is 547. The fourth-order valence-corrected chi connectivity index (χ4v) is 3.29. The Morgan fingerprint density at radius 2 is 2.06 bits per heavy atom. The molecule has 0 aromatic heterocycles. The van der Waals surface area contributed by atoms with Gasteiger partial charge in [-0.3, -0.25) is 0 Å². The van der Waals surface area contributed by atoms with E-state index in [4.69, 9.17) is 0 Å². The van der Waals surface area contributed by atoms with E-state index in [2.05, 4.69) is 11.8 Å². The van der Waals surface area contributed by atoms with Gasteiger partial charge >= 0.3 is 0 Å². The van der Waals surface area contributed by atoms with Gasteiger partial charge in [0.2, 0.25) is 0 Å². The summed E-state index contributed by atoms with van der Waals surface area (Å²) >= 11 is 0. The van der Waals surface area contributed by atoms with Crippen LogP contribution >= 0.6 is 0 Å². The highest BCUT2D eigenvalue weighted by atomic mass is 32.2. The summed E-state index contributed by atoms with van der Waals surface area (Å²) in [5.41, 5.74) is 1.03. The lowest BCUT2D eigenvalue weighted by atomic mass is 10.0. The third kappa shape index (κ3) is 4.19. The first kappa shape index (κ1) is 14.8. The zero-order chi connectivity index (χ0) is 13.6. The molecule has 0 heterocycles. The zero-order valence-corrected chi connectivity index (χ0v) is 12.0. The van der Waals surface area contributed by atoms with Gasteiger partial charge in [0.15, 0.2) is 9.84 Å². The Morgan fingerprint density at radius 3 is 2.67 bits per heavy atom. The lowest BCUT2D eigenvalue weighted by Crippen LogP contribution is -2.07. The SMILES string of the molecule is CC#CC(C)Cc1cccc(S(=O)(=O)CCC)c1. The number of benzene rings is 1. The van der Waals surface area contributed by atoms with Crippen molar-refractivity contribution in [3.05, 3.63) is 29.8 Å². The molecule has 0 N–H and O–H groups in total. The van der Waals surface area contributed by atoms with Gasteiger partial charge in [0, 0.05) is 5.92 Å². The molecule has 0 aliphatic carbocycles. The second-order valence-electron chi connectivity index (χ2n) is 4.47. The molecule has 0 saturated carbocycles. The molecular formula is C15H20O2S. The van der Waals surface area contributed by atoms with E-state index in [1.165, 1.54) is 0 Å². The zero-order valence-electron chi connectivity index (χ0n) is 11.2. The first-order chi connectivity index (χ1) is 8.49. The van der Waals surface area contributed by atoms with Gasteiger partial charge in [-0.05, 0) is 37.5 Å². The summed E-state index contributed by atoms with van der Waals surface area (Å²) in [6.07, 6.45) is 1.43. The van der Waals surface area contributed by atoms with E-state index in [9.17, 15) is 8.42 Å². The Kier molecular flexibility index (Phi) is 5.43. The summed E-state index contributed by atoms with van der Waals surface area (Å²) < 4.78 is 23.9. The van der Waals surface area contributed by atoms with Crippen molar-refractivity contribution < 1.29 is 8.42 Å². The molecule has 0 spiro atoms. The highest BCUT2D eigenvalue weighted by Gasteiger charge is 2.13. The van der Waals surface area contributed by atoms with Crippen LogP contribution < -0.4 is 0 Å². The van der Waals surface area contributed by atoms with Crippen molar-refractivity contribution in [1.29, 1.82) is 0 Å². The van der Waals surface area contributed by atoms with E-state index in [1.807, 2.05) is 32.9 Å². The van der Waals surface area contributed by atoms with Gasteiger partial charge in [-0.15, -0.1) is 11.8 Å². The molecule has 3 heteroatoms. The Balaban J connectivity index is 2.95. The Hall–Kier alpha value is -1.27. The maximum atomic E-state index is 12.0. The fourth-order valence-electron chi connectivity index (χ4n) is 1.90. The van der Waals surface area contributed by atoms with Crippen LogP contribution in [0.2, 0.25) is 0 Å². The second kappa shape index (κ2) is 6.61. The molecular weight excluding hydrogens is 244 g/mol.